The topological polar surface area (TPSA) is 863 Å². The number of urea groups is 1. The maximum absolute atomic E-state index is 11.7. The van der Waals surface area contributed by atoms with Crippen LogP contribution in [0, 0.1) is 5.92 Å². The number of imide groups is 1. The summed E-state index contributed by atoms with van der Waals surface area (Å²) >= 11 is 20.3. The van der Waals surface area contributed by atoms with Gasteiger partial charge in [-0.15, -0.1) is 59.0 Å². The zero-order chi connectivity index (χ0) is 81.8. The first-order valence-electron chi connectivity index (χ1n) is 30.3. The third-order valence-electron chi connectivity index (χ3n) is 15.8. The molecular weight excluding hydrogens is 1690 g/mol. The fourth-order valence-corrected chi connectivity index (χ4v) is 13.2. The first kappa shape index (κ1) is 90.5. The Morgan fingerprint density at radius 3 is 1.35 bits per heavy atom. The average Bonchev–Trinajstić information content (AvgIpc) is 1.63. The molecule has 614 valence electrons. The van der Waals surface area contributed by atoms with Gasteiger partial charge in [-0.05, 0) is 6.07 Å². The van der Waals surface area contributed by atoms with E-state index in [1.807, 2.05) is 10.3 Å². The molecule has 7 aliphatic rings. The fourth-order valence-electron chi connectivity index (χ4n) is 10.7. The molecule has 5 fully saturated rings. The Balaban J connectivity index is 0.000000173. The highest BCUT2D eigenvalue weighted by Crippen LogP contribution is 2.40. The maximum Gasteiger partial charge on any atom is 0.351 e. The molecule has 110 heavy (non-hydrogen) atoms. The number of hydrogen-bond acceptors (Lipinski definition) is 51. The van der Waals surface area contributed by atoms with Gasteiger partial charge in [0.05, 0.1) is 45.7 Å². The number of aromatic amines is 1. The molecule has 53 nitrogen and oxygen atoms in total. The van der Waals surface area contributed by atoms with E-state index in [4.69, 9.17) is 46.6 Å². The van der Waals surface area contributed by atoms with E-state index in [9.17, 15) is 124 Å². The lowest BCUT2D eigenvalue weighted by atomic mass is 9.95. The van der Waals surface area contributed by atoms with Gasteiger partial charge in [-0.25, -0.2) is 44.3 Å². The fraction of sp³-hybridized carbons (Fsp3) is 0.574. The summed E-state index contributed by atoms with van der Waals surface area (Å²) in [7, 11) is 0. The van der Waals surface area contributed by atoms with Crippen LogP contribution in [0.1, 0.15) is 36.8 Å². The third-order valence-corrected chi connectivity index (χ3v) is 19.7. The minimum absolute atomic E-state index is 0.0115. The van der Waals surface area contributed by atoms with E-state index in [2.05, 4.69) is 122 Å². The van der Waals surface area contributed by atoms with E-state index in [1.165, 1.54) is 40.4 Å². The second-order valence-electron chi connectivity index (χ2n) is 23.2. The Hall–Kier alpha value is -4.99. The van der Waals surface area contributed by atoms with E-state index in [0.717, 1.165) is 27.6 Å². The number of aromatic nitrogens is 10. The molecule has 0 saturated carbocycles. The molecule has 5 aromatic rings. The van der Waals surface area contributed by atoms with E-state index in [-0.39, 0.29) is 17.6 Å². The lowest BCUT2D eigenvalue weighted by Gasteiger charge is -2.35. The number of fused-ring (bicyclic) bond motifs is 2. The number of H-pyrrole nitrogens is 1. The Kier molecular flexibility index (Phi) is 30.7. The van der Waals surface area contributed by atoms with Crippen molar-refractivity contribution in [3.05, 3.63) is 80.5 Å². The van der Waals surface area contributed by atoms with Crippen LogP contribution in [-0.2, 0) is 110 Å². The molecule has 0 spiro atoms. The first-order valence-corrected chi connectivity index (χ1v) is 43.1. The first-order chi connectivity index (χ1) is 51.0. The second kappa shape index (κ2) is 37.3. The van der Waals surface area contributed by atoms with Crippen LogP contribution in [0.2, 0.25) is 0 Å². The number of amides is 3. The van der Waals surface area contributed by atoms with Gasteiger partial charge in [0.25, 0.3) is 5.56 Å². The summed E-state index contributed by atoms with van der Waals surface area (Å²) in [6, 6.07) is 1.49. The van der Waals surface area contributed by atoms with Gasteiger partial charge >= 0.3 is 17.4 Å². The zero-order valence-electron chi connectivity index (χ0n) is 54.5. The molecule has 0 aliphatic carbocycles. The number of aliphatic hydroxyl groups excluding tert-OH is 10. The quantitative estimate of drug-likeness (QED) is 0.0322. The largest absolute Gasteiger partial charge is 0.812 e. The summed E-state index contributed by atoms with van der Waals surface area (Å²) in [6.45, 7) is -24.8. The summed E-state index contributed by atoms with van der Waals surface area (Å²) < 4.78 is 53.1. The van der Waals surface area contributed by atoms with E-state index < -0.39 is 230 Å². The van der Waals surface area contributed by atoms with Gasteiger partial charge < -0.3 is 175 Å². The number of guanidine groups is 1. The summed E-state index contributed by atoms with van der Waals surface area (Å²) in [6.07, 6.45) is -19.6. The second-order valence-corrected chi connectivity index (χ2v) is 35.7. The average molecular weight is 1750 g/mol. The van der Waals surface area contributed by atoms with Crippen molar-refractivity contribution in [3.63, 3.8) is 0 Å². The van der Waals surface area contributed by atoms with Crippen molar-refractivity contribution in [1.82, 2.24) is 53.5 Å². The van der Waals surface area contributed by atoms with Crippen molar-refractivity contribution < 1.29 is 156 Å². The number of aliphatic imine (C=N–C) groups is 2. The van der Waals surface area contributed by atoms with Crippen LogP contribution >= 0.6 is 33.6 Å². The van der Waals surface area contributed by atoms with Gasteiger partial charge in [0.2, 0.25) is 5.91 Å². The van der Waals surface area contributed by atoms with Gasteiger partial charge in [-0.3, -0.25) is 38.2 Å². The molecule has 0 radical (unpaired) electrons. The van der Waals surface area contributed by atoms with Crippen molar-refractivity contribution in [2.75, 3.05) is 49.8 Å². The summed E-state index contributed by atoms with van der Waals surface area (Å²) in [5.74, 6) is -1.29. The van der Waals surface area contributed by atoms with Crippen molar-refractivity contribution in [1.29, 1.82) is 0 Å². The zero-order valence-corrected chi connectivity index (χ0v) is 63.1. The number of nitrogens with zero attached hydrogens (tertiary/aromatic N) is 11. The molecule has 63 heteroatoms. The minimum Gasteiger partial charge on any atom is -0.812 e. The Morgan fingerprint density at radius 2 is 0.909 bits per heavy atom. The third kappa shape index (κ3) is 23.8. The highest BCUT2D eigenvalue weighted by atomic mass is 32.5. The van der Waals surface area contributed by atoms with Gasteiger partial charge in [0.15, 0.2) is 42.3 Å². The minimum atomic E-state index is -4.43. The van der Waals surface area contributed by atoms with Crippen molar-refractivity contribution in [2.45, 2.75) is 129 Å². The molecule has 21 N–H and O–H groups in total. The number of nitrogens with two attached hydrogens (primary N) is 4. The van der Waals surface area contributed by atoms with Crippen molar-refractivity contribution >= 4 is 145 Å². The van der Waals surface area contributed by atoms with Crippen LogP contribution in [0.15, 0.2) is 67.9 Å². The molecule has 3 amide bonds. The van der Waals surface area contributed by atoms with Crippen LogP contribution in [0.4, 0.5) is 22.2 Å². The molecule has 7 aliphatic heterocycles. The Morgan fingerprint density at radius 1 is 0.500 bits per heavy atom. The summed E-state index contributed by atoms with van der Waals surface area (Å²) in [5.41, 5.74) is 21.1. The number of imidazole rings is 2. The predicted octanol–water partition coefficient (Wildman–Crippen LogP) is -18.0. The van der Waals surface area contributed by atoms with Crippen molar-refractivity contribution in [2.24, 2.45) is 27.4 Å². The summed E-state index contributed by atoms with van der Waals surface area (Å²) in [5, 5.41) is 104. The molecule has 12 rings (SSSR count). The molecule has 5 saturated heterocycles. The van der Waals surface area contributed by atoms with Crippen molar-refractivity contribution in [3.8, 4) is 0 Å². The maximum atomic E-state index is 11.7. The van der Waals surface area contributed by atoms with Gasteiger partial charge in [0.1, 0.15) is 139 Å². The number of aliphatic hydroxyl groups is 10. The number of ether oxygens (including phenoxy) is 5. The van der Waals surface area contributed by atoms with Crippen LogP contribution in [-0.4, -0.2) is 254 Å². The SMILES string of the molecule is NC1=NC(N)c2ncn([C@@H]3O[C@H](COP([O-])([O-])=S)[C@H](O)C3O)c2N1.Nc1ccn([C@@H]2O[C@H](COP([O-])([O-])=S)[C@H](O)C2O)c(=O)n1.Nc1ncnc2c1ncn2[C@@H]1O[C@H](COP([O-])([O-])=S)[C@H](O)C1O.O=C1N=CC([C@@H]2O[C@H](COP([O-])([O-])=S)[C@H](O)C2O)C(=O)N1.O=c1ccn([C@@H]2O[C@H](COP([O-])([O-])=S)[C@H](O)C2O)c(=O)[nH]1. The lowest BCUT2D eigenvalue weighted by Crippen LogP contribution is -2.48. The monoisotopic (exact) mass is 1750 g/mol. The standard InChI is InChI=1S/C10H17N6O6PS.C10H14N5O6PS.C9H14N3O7PS.2C9H13N2O8PS/c11-7-4-8(15-10(12)14-7)16(2-13-4)9-6(18)5(17)3(22-9)1-21-23(19,20)24;11-8-5-9(13-2-12-8)15(3-14-5)10-7(17)6(16)4(21-10)1-20-22(18,19)23;10-5-1-2-12(9(15)11-5)8-7(14)6(13)4(19-8)3-18-20(16,17)21;12-5-4(2-18-20(16,17)21)19-7(6(5)13)3-1-10-9(15)11-8(3)14;12-5-1-2-11(9(15)10-5)8-7(14)6(13)4(19-8)3-18-20(16,17)21/h2-3,5-7,9,17-18H,1,11H2,(H3,12,14,15)(H2,19,20,24);2-4,6-7,10,16-17H,1H2,(H2,11,12,13)(H2,18,19,23);1-2,4,6-8,13-14H,3H2,(H2,10,11,15)(H2,16,17,21);1,3-7,12-13H,2H2,(H,11,14,15)(H2,16,17,21);1-2,4,6-8,13-14H,3H2,(H,10,12,15)(H2,16,17,21)/p-10/t3-,5+,6?,7?,9-;4-,6+,7?,10-;4-,6+,7?,8-;3?,4-,5+,6?,7+;4-,6+,7?,8-/m11111/s1. The predicted molar refractivity (Wildman–Crippen MR) is 359 cm³/mol. The molecule has 7 unspecified atom stereocenters. The smallest absolute Gasteiger partial charge is 0.351 e. The highest BCUT2D eigenvalue weighted by Gasteiger charge is 2.51. The molecular formula is C47H61N18O35P5S5-10. The number of nitrogen functional groups attached to an aromatic ring is 2. The normalized spacial score (nSPS) is 31.6. The lowest BCUT2D eigenvalue weighted by molar-refractivity contribution is -0.324. The van der Waals surface area contributed by atoms with Gasteiger partial charge in [-0.1, -0.05) is 33.6 Å². The molecule has 0 aromatic carbocycles. The Labute approximate surface area is 638 Å². The van der Waals surface area contributed by atoms with E-state index >= 15 is 0 Å². The van der Waals surface area contributed by atoms with Crippen LogP contribution in [0.5, 0.6) is 0 Å². The number of carbonyl (C=O) groups is 2. The van der Waals surface area contributed by atoms with Gasteiger partial charge in [0, 0.05) is 24.7 Å². The molecule has 22 atom stereocenters. The Bertz CT molecular complexity index is 4590. The number of hydrogen-bond donors (Lipinski definition) is 17. The number of rotatable bonds is 20. The molecule has 5 aromatic heterocycles. The van der Waals surface area contributed by atoms with Crippen LogP contribution < -0.4 is 99.4 Å². The van der Waals surface area contributed by atoms with Crippen LogP contribution in [0.3, 0.4) is 0 Å². The highest BCUT2D eigenvalue weighted by molar-refractivity contribution is 8.06. The number of carbonyl (C=O) groups excluding carboxylic acids is 2. The number of nitrogens with one attached hydrogen (secondary N) is 3. The van der Waals surface area contributed by atoms with Crippen LogP contribution in [0.25, 0.3) is 11.2 Å². The van der Waals surface area contributed by atoms with E-state index in [1.54, 1.807) is 0 Å². The number of anilines is 3. The molecule has 12 heterocycles. The molecule has 0 bridgehead atoms. The van der Waals surface area contributed by atoms with E-state index in [0.29, 0.717) is 22.7 Å². The van der Waals surface area contributed by atoms with Gasteiger partial charge in [-0.2, -0.15) is 4.98 Å². The summed E-state index contributed by atoms with van der Waals surface area (Å²) in [4.78, 5) is 193.